The van der Waals surface area contributed by atoms with Gasteiger partial charge in [-0.3, -0.25) is 0 Å². The first kappa shape index (κ1) is 17.6. The monoisotopic (exact) mass is 372 g/mol. The molecule has 7 N–H and O–H groups in total. The summed E-state index contributed by atoms with van der Waals surface area (Å²) in [6.45, 7) is 0. The molecule has 0 radical (unpaired) electrons. The first-order valence-corrected chi connectivity index (χ1v) is 8.75. The maximum Gasteiger partial charge on any atom is 0.224 e. The molecule has 0 aliphatic rings. The number of fused-ring (bicyclic) bond motifs is 1. The van der Waals surface area contributed by atoms with Crippen LogP contribution in [-0.2, 0) is 0 Å². The quantitative estimate of drug-likeness (QED) is 0.427. The van der Waals surface area contributed by atoms with Crippen molar-refractivity contribution in [1.82, 2.24) is 25.3 Å². The van der Waals surface area contributed by atoms with Crippen molar-refractivity contribution in [2.75, 3.05) is 24.2 Å². The molecule has 1 unspecified atom stereocenters. The zero-order valence-corrected chi connectivity index (χ0v) is 15.3. The number of anilines is 3. The van der Waals surface area contributed by atoms with Crippen molar-refractivity contribution in [2.45, 2.75) is 6.04 Å². The van der Waals surface area contributed by atoms with Gasteiger partial charge in [-0.25, -0.2) is 9.97 Å². The molecule has 2 aromatic heterocycles. The van der Waals surface area contributed by atoms with Crippen LogP contribution in [-0.4, -0.2) is 27.0 Å². The number of benzene rings is 2. The van der Waals surface area contributed by atoms with E-state index in [0.717, 1.165) is 11.1 Å². The van der Waals surface area contributed by atoms with Crippen LogP contribution in [0.3, 0.4) is 0 Å². The topological polar surface area (TPSA) is 142 Å². The molecule has 8 heteroatoms. The molecule has 0 fully saturated rings. The molecule has 0 spiro atoms. The molecule has 8 nitrogen and oxygen atoms in total. The van der Waals surface area contributed by atoms with Gasteiger partial charge < -0.3 is 22.5 Å². The first-order chi connectivity index (χ1) is 13.6. The predicted octanol–water partition coefficient (Wildman–Crippen LogP) is 2.14. The summed E-state index contributed by atoms with van der Waals surface area (Å²) in [6, 6.07) is 18.3. The average Bonchev–Trinajstić information content (AvgIpc) is 2.69. The van der Waals surface area contributed by atoms with Gasteiger partial charge in [-0.2, -0.15) is 9.97 Å². The lowest BCUT2D eigenvalue weighted by molar-refractivity contribution is 0.692. The summed E-state index contributed by atoms with van der Waals surface area (Å²) in [7, 11) is 1.94. The lowest BCUT2D eigenvalue weighted by Gasteiger charge is -2.17. The predicted molar refractivity (Wildman–Crippen MR) is 111 cm³/mol. The van der Waals surface area contributed by atoms with Gasteiger partial charge in [-0.1, -0.05) is 54.6 Å². The van der Waals surface area contributed by atoms with Gasteiger partial charge in [-0.05, 0) is 18.2 Å². The summed E-state index contributed by atoms with van der Waals surface area (Å²) in [5, 5.41) is 3.34. The van der Waals surface area contributed by atoms with E-state index in [4.69, 9.17) is 17.2 Å². The summed E-state index contributed by atoms with van der Waals surface area (Å²) in [4.78, 5) is 16.8. The third kappa shape index (κ3) is 3.17. The van der Waals surface area contributed by atoms with Gasteiger partial charge in [0.05, 0.1) is 6.04 Å². The Labute approximate surface area is 161 Å². The van der Waals surface area contributed by atoms with Crippen LogP contribution in [0.15, 0.2) is 54.6 Å². The second-order valence-electron chi connectivity index (χ2n) is 6.35. The zero-order valence-electron chi connectivity index (χ0n) is 15.3. The van der Waals surface area contributed by atoms with Crippen LogP contribution < -0.4 is 22.5 Å². The Kier molecular flexibility index (Phi) is 4.46. The third-order valence-corrected chi connectivity index (χ3v) is 4.54. The minimum atomic E-state index is 0.0369. The summed E-state index contributed by atoms with van der Waals surface area (Å²) < 4.78 is 0. The van der Waals surface area contributed by atoms with Gasteiger partial charge in [-0.15, -0.1) is 0 Å². The van der Waals surface area contributed by atoms with Crippen molar-refractivity contribution in [1.29, 1.82) is 0 Å². The SMILES string of the molecule is CNC(c1ccccc1)c1ccc(-c2nc3c(N)nc(N)nc3nc2N)cc1. The standard InChI is InChI=1S/C20H20N8/c1-24-14(11-5-3-2-4-6-11)12-7-9-13(10-8-12)15-17(21)26-19-16(25-15)18(22)27-20(23)28-19/h2-10,14,24H,1H3,(H6,21,22,23,26,27,28). The minimum Gasteiger partial charge on any atom is -0.382 e. The number of hydrogen-bond acceptors (Lipinski definition) is 8. The van der Waals surface area contributed by atoms with Gasteiger partial charge in [0.1, 0.15) is 5.69 Å². The Hall–Kier alpha value is -3.78. The van der Waals surface area contributed by atoms with E-state index in [2.05, 4.69) is 37.4 Å². The van der Waals surface area contributed by atoms with Crippen LogP contribution in [0, 0.1) is 0 Å². The Balaban J connectivity index is 1.74. The third-order valence-electron chi connectivity index (χ3n) is 4.54. The molecule has 0 saturated heterocycles. The maximum atomic E-state index is 6.11. The van der Waals surface area contributed by atoms with E-state index in [-0.39, 0.29) is 29.3 Å². The molecule has 0 amide bonds. The summed E-state index contributed by atoms with van der Waals surface area (Å²) >= 11 is 0. The zero-order chi connectivity index (χ0) is 19.7. The molecule has 2 aromatic carbocycles. The van der Waals surface area contributed by atoms with Crippen LogP contribution in [0.1, 0.15) is 17.2 Å². The molecule has 0 aliphatic carbocycles. The average molecular weight is 372 g/mol. The number of nitrogens with zero attached hydrogens (tertiary/aromatic N) is 4. The molecule has 4 aromatic rings. The number of aromatic nitrogens is 4. The van der Waals surface area contributed by atoms with E-state index in [1.165, 1.54) is 5.56 Å². The molecule has 140 valence electrons. The van der Waals surface area contributed by atoms with Crippen molar-refractivity contribution in [2.24, 2.45) is 0 Å². The highest BCUT2D eigenvalue weighted by molar-refractivity contribution is 5.87. The maximum absolute atomic E-state index is 6.11. The Bertz CT molecular complexity index is 1130. The van der Waals surface area contributed by atoms with E-state index < -0.39 is 0 Å². The van der Waals surface area contributed by atoms with Crippen LogP contribution in [0.2, 0.25) is 0 Å². The van der Waals surface area contributed by atoms with Crippen LogP contribution in [0.5, 0.6) is 0 Å². The van der Waals surface area contributed by atoms with Crippen molar-refractivity contribution < 1.29 is 0 Å². The molecular weight excluding hydrogens is 352 g/mol. The van der Waals surface area contributed by atoms with E-state index in [1.54, 1.807) is 0 Å². The number of nitrogens with one attached hydrogen (secondary N) is 1. The lowest BCUT2D eigenvalue weighted by Crippen LogP contribution is -2.17. The minimum absolute atomic E-state index is 0.0369. The van der Waals surface area contributed by atoms with E-state index in [0.29, 0.717) is 11.2 Å². The Morgan fingerprint density at radius 2 is 1.43 bits per heavy atom. The highest BCUT2D eigenvalue weighted by Crippen LogP contribution is 2.29. The molecule has 28 heavy (non-hydrogen) atoms. The van der Waals surface area contributed by atoms with Gasteiger partial charge in [0, 0.05) is 5.56 Å². The molecule has 1 atom stereocenters. The van der Waals surface area contributed by atoms with Crippen molar-refractivity contribution in [3.63, 3.8) is 0 Å². The summed E-state index contributed by atoms with van der Waals surface area (Å²) in [6.07, 6.45) is 0. The van der Waals surface area contributed by atoms with Gasteiger partial charge in [0.15, 0.2) is 22.8 Å². The van der Waals surface area contributed by atoms with Gasteiger partial charge >= 0.3 is 0 Å². The molecule has 0 saturated carbocycles. The fourth-order valence-corrected chi connectivity index (χ4v) is 3.22. The smallest absolute Gasteiger partial charge is 0.224 e. The van der Waals surface area contributed by atoms with Crippen molar-refractivity contribution in [3.05, 3.63) is 65.7 Å². The number of hydrogen-bond donors (Lipinski definition) is 4. The number of nitrogen functional groups attached to an aromatic ring is 3. The molecule has 2 heterocycles. The second kappa shape index (κ2) is 7.09. The van der Waals surface area contributed by atoms with E-state index in [9.17, 15) is 0 Å². The Morgan fingerprint density at radius 3 is 2.11 bits per heavy atom. The van der Waals surface area contributed by atoms with Gasteiger partial charge in [0.25, 0.3) is 0 Å². The fourth-order valence-electron chi connectivity index (χ4n) is 3.22. The normalized spacial score (nSPS) is 12.2. The van der Waals surface area contributed by atoms with Crippen LogP contribution in [0.4, 0.5) is 17.6 Å². The Morgan fingerprint density at radius 1 is 0.750 bits per heavy atom. The summed E-state index contributed by atoms with van der Waals surface area (Å²) in [5.41, 5.74) is 22.0. The lowest BCUT2D eigenvalue weighted by atomic mass is 9.97. The molecule has 4 rings (SSSR count). The second-order valence-corrected chi connectivity index (χ2v) is 6.35. The molecule has 0 aliphatic heterocycles. The highest BCUT2D eigenvalue weighted by Gasteiger charge is 2.15. The van der Waals surface area contributed by atoms with E-state index >= 15 is 0 Å². The largest absolute Gasteiger partial charge is 0.382 e. The molecule has 0 bridgehead atoms. The molecular formula is C20H20N8. The van der Waals surface area contributed by atoms with Crippen LogP contribution in [0.25, 0.3) is 22.4 Å². The number of nitrogens with two attached hydrogens (primary N) is 3. The highest BCUT2D eigenvalue weighted by atomic mass is 15.1. The fraction of sp³-hybridized carbons (Fsp3) is 0.100. The first-order valence-electron chi connectivity index (χ1n) is 8.75. The number of rotatable bonds is 4. The van der Waals surface area contributed by atoms with Gasteiger partial charge in [0.2, 0.25) is 5.95 Å². The van der Waals surface area contributed by atoms with Crippen molar-refractivity contribution >= 4 is 28.7 Å². The van der Waals surface area contributed by atoms with E-state index in [1.807, 2.05) is 49.5 Å². The van der Waals surface area contributed by atoms with Crippen LogP contribution >= 0.6 is 0 Å². The summed E-state index contributed by atoms with van der Waals surface area (Å²) in [5.74, 6) is 0.466. The van der Waals surface area contributed by atoms with Crippen molar-refractivity contribution in [3.8, 4) is 11.3 Å².